The van der Waals surface area contributed by atoms with E-state index < -0.39 is 71.5 Å². The summed E-state index contributed by atoms with van der Waals surface area (Å²) in [5.74, 6) is -2.47. The van der Waals surface area contributed by atoms with E-state index in [-0.39, 0.29) is 17.6 Å². The molecule has 2 aromatic heterocycles. The van der Waals surface area contributed by atoms with Crippen LogP contribution in [0.3, 0.4) is 0 Å². The van der Waals surface area contributed by atoms with Crippen molar-refractivity contribution in [2.24, 2.45) is 5.92 Å². The Balaban J connectivity index is 1.73. The summed E-state index contributed by atoms with van der Waals surface area (Å²) in [6.45, 7) is 1.49. The van der Waals surface area contributed by atoms with Gasteiger partial charge in [-0.1, -0.05) is 74.5 Å². The molecular weight excluding hydrogens is 583 g/mol. The summed E-state index contributed by atoms with van der Waals surface area (Å²) in [6, 6.07) is 16.6. The molecule has 2 heterocycles. The molecule has 0 spiro atoms. The summed E-state index contributed by atoms with van der Waals surface area (Å²) in [4.78, 5) is 67.8. The molecule has 0 aliphatic heterocycles. The zero-order valence-electron chi connectivity index (χ0n) is 23.7. The van der Waals surface area contributed by atoms with E-state index in [2.05, 4.69) is 15.6 Å². The number of amides is 2. The molecule has 2 aromatic carbocycles. The van der Waals surface area contributed by atoms with Crippen LogP contribution in [0.15, 0.2) is 81.1 Å². The van der Waals surface area contributed by atoms with Crippen molar-refractivity contribution in [3.8, 4) is 11.3 Å². The molecule has 0 saturated heterocycles. The summed E-state index contributed by atoms with van der Waals surface area (Å²) in [5.41, 5.74) is -2.17. The van der Waals surface area contributed by atoms with Gasteiger partial charge in [0.05, 0.1) is 17.1 Å². The van der Waals surface area contributed by atoms with E-state index in [0.29, 0.717) is 10.1 Å². The molecule has 11 nitrogen and oxygen atoms in total. The van der Waals surface area contributed by atoms with Crippen LogP contribution >= 0.6 is 0 Å². The highest BCUT2D eigenvalue weighted by Crippen LogP contribution is 2.26. The Bertz CT molecular complexity index is 1830. The number of H-pyrrole nitrogens is 1. The highest BCUT2D eigenvalue weighted by atomic mass is 19.4. The molecule has 2 unspecified atom stereocenters. The van der Waals surface area contributed by atoms with E-state index in [1.54, 1.807) is 54.6 Å². The Morgan fingerprint density at radius 3 is 2.07 bits per heavy atom. The number of aliphatic hydroxyl groups excluding tert-OH is 1. The molecule has 44 heavy (non-hydrogen) atoms. The number of rotatable bonds is 10. The third-order valence-corrected chi connectivity index (χ3v) is 6.98. The second-order valence-electron chi connectivity index (χ2n) is 10.5. The maximum Gasteiger partial charge on any atom is 0.416 e. The number of aromatic amines is 1. The van der Waals surface area contributed by atoms with Crippen LogP contribution in [-0.2, 0) is 29.2 Å². The van der Waals surface area contributed by atoms with Crippen LogP contribution in [0.5, 0.6) is 0 Å². The van der Waals surface area contributed by atoms with Gasteiger partial charge in [0.25, 0.3) is 11.1 Å². The van der Waals surface area contributed by atoms with Crippen LogP contribution in [0.25, 0.3) is 22.2 Å². The van der Waals surface area contributed by atoms with Crippen molar-refractivity contribution in [1.29, 1.82) is 0 Å². The lowest BCUT2D eigenvalue weighted by Crippen LogP contribution is -2.53. The molecule has 2 atom stereocenters. The number of nitrogens with zero attached hydrogens (tertiary/aromatic N) is 2. The second kappa shape index (κ2) is 13.1. The molecule has 14 heteroatoms. The number of hydrogen-bond acceptors (Lipinski definition) is 6. The van der Waals surface area contributed by atoms with E-state index in [1.165, 1.54) is 19.9 Å². The summed E-state index contributed by atoms with van der Waals surface area (Å²) >= 11 is 0. The number of carbonyl (C=O) groups is 2. The number of nitrogens with one attached hydrogen (secondary N) is 3. The second-order valence-corrected chi connectivity index (χ2v) is 10.5. The maximum atomic E-state index is 13.6. The Kier molecular flexibility index (Phi) is 9.53. The highest BCUT2D eigenvalue weighted by molar-refractivity contribution is 5.84. The van der Waals surface area contributed by atoms with Gasteiger partial charge in [0, 0.05) is 6.54 Å². The van der Waals surface area contributed by atoms with Gasteiger partial charge in [-0.05, 0) is 23.1 Å². The molecule has 4 rings (SSSR count). The molecule has 2 amide bonds. The van der Waals surface area contributed by atoms with Crippen molar-refractivity contribution in [3.63, 3.8) is 0 Å². The van der Waals surface area contributed by atoms with Crippen LogP contribution < -0.4 is 27.4 Å². The van der Waals surface area contributed by atoms with Gasteiger partial charge in [0.1, 0.15) is 18.6 Å². The predicted octanol–water partition coefficient (Wildman–Crippen LogP) is 1.90. The third-order valence-electron chi connectivity index (χ3n) is 6.98. The monoisotopic (exact) mass is 613 g/mol. The van der Waals surface area contributed by atoms with Crippen molar-refractivity contribution in [3.05, 3.63) is 103 Å². The SMILES string of the molecule is CC(C)C(NC(=O)Cn1c(-c2ccccc2)cc2c(=O)n(CC(=O)NCc3ccccc3)c(=O)[nH]c2c1=O)C(O)C(F)(F)F. The average molecular weight is 614 g/mol. The smallest absolute Gasteiger partial charge is 0.382 e. The fraction of sp³-hybridized carbons (Fsp3) is 0.300. The number of benzene rings is 2. The van der Waals surface area contributed by atoms with Crippen molar-refractivity contribution in [2.75, 3.05) is 0 Å². The molecular formula is C30H30F3N5O6. The molecule has 232 valence electrons. The Morgan fingerprint density at radius 2 is 1.48 bits per heavy atom. The van der Waals surface area contributed by atoms with Gasteiger partial charge in [-0.25, -0.2) is 4.79 Å². The van der Waals surface area contributed by atoms with Gasteiger partial charge >= 0.3 is 11.9 Å². The fourth-order valence-corrected chi connectivity index (χ4v) is 4.68. The molecule has 0 bridgehead atoms. The Morgan fingerprint density at radius 1 is 0.886 bits per heavy atom. The largest absolute Gasteiger partial charge is 0.416 e. The molecule has 0 saturated carbocycles. The van der Waals surface area contributed by atoms with Gasteiger partial charge in [-0.2, -0.15) is 13.2 Å². The molecule has 0 radical (unpaired) electrons. The van der Waals surface area contributed by atoms with Crippen molar-refractivity contribution >= 4 is 22.7 Å². The molecule has 4 aromatic rings. The first-order chi connectivity index (χ1) is 20.8. The van der Waals surface area contributed by atoms with Gasteiger partial charge < -0.3 is 20.7 Å². The fourth-order valence-electron chi connectivity index (χ4n) is 4.68. The van der Waals surface area contributed by atoms with E-state index >= 15 is 0 Å². The first-order valence-electron chi connectivity index (χ1n) is 13.6. The van der Waals surface area contributed by atoms with Crippen molar-refractivity contribution < 1.29 is 27.9 Å². The first kappa shape index (κ1) is 31.9. The standard InChI is InChI=1S/C30H30F3N5O6/c1-17(2)24(26(41)30(31,32)33)35-23(40)16-37-21(19-11-7-4-8-12-19)13-20-25(28(37)43)36-29(44)38(27(20)42)15-22(39)34-14-18-9-5-3-6-10-18/h3-13,17,24,26,41H,14-16H2,1-2H3,(H,34,39)(H,35,40)(H,36,44). The highest BCUT2D eigenvalue weighted by Gasteiger charge is 2.45. The number of fused-ring (bicyclic) bond motifs is 1. The average Bonchev–Trinajstić information content (AvgIpc) is 2.98. The lowest BCUT2D eigenvalue weighted by atomic mass is 9.98. The minimum absolute atomic E-state index is 0.0555. The lowest BCUT2D eigenvalue weighted by molar-refractivity contribution is -0.215. The van der Waals surface area contributed by atoms with Crippen LogP contribution in [0.1, 0.15) is 19.4 Å². The number of carbonyl (C=O) groups excluding carboxylic acids is 2. The van der Waals surface area contributed by atoms with Gasteiger partial charge in [0.15, 0.2) is 6.10 Å². The number of hydrogen-bond donors (Lipinski definition) is 4. The first-order valence-corrected chi connectivity index (χ1v) is 13.6. The van der Waals surface area contributed by atoms with Crippen LogP contribution in [0, 0.1) is 5.92 Å². The lowest BCUT2D eigenvalue weighted by Gasteiger charge is -2.29. The summed E-state index contributed by atoms with van der Waals surface area (Å²) in [6.07, 6.45) is -7.86. The Labute approximate surface area is 248 Å². The van der Waals surface area contributed by atoms with E-state index in [4.69, 9.17) is 0 Å². The van der Waals surface area contributed by atoms with Gasteiger partial charge in [0.2, 0.25) is 11.8 Å². The number of halogens is 3. The topological polar surface area (TPSA) is 155 Å². The molecule has 0 aliphatic carbocycles. The van der Waals surface area contributed by atoms with Crippen molar-refractivity contribution in [2.45, 2.75) is 51.8 Å². The number of aromatic nitrogens is 3. The third kappa shape index (κ3) is 7.14. The number of alkyl halides is 3. The van der Waals surface area contributed by atoms with Gasteiger partial charge in [-0.15, -0.1) is 0 Å². The minimum atomic E-state index is -5.00. The minimum Gasteiger partial charge on any atom is -0.382 e. The maximum absolute atomic E-state index is 13.6. The molecule has 0 fully saturated rings. The van der Waals surface area contributed by atoms with Crippen molar-refractivity contribution in [1.82, 2.24) is 24.8 Å². The predicted molar refractivity (Wildman–Crippen MR) is 156 cm³/mol. The van der Waals surface area contributed by atoms with Crippen LogP contribution in [-0.4, -0.2) is 49.4 Å². The number of pyridine rings is 1. The molecule has 4 N–H and O–H groups in total. The zero-order valence-corrected chi connectivity index (χ0v) is 23.7. The molecule has 0 aliphatic rings. The quantitative estimate of drug-likeness (QED) is 0.214. The number of aliphatic hydroxyl groups is 1. The zero-order chi connectivity index (χ0) is 32.2. The normalized spacial score (nSPS) is 13.1. The van der Waals surface area contributed by atoms with E-state index in [1.807, 2.05) is 6.07 Å². The van der Waals surface area contributed by atoms with E-state index in [0.717, 1.165) is 10.1 Å². The van der Waals surface area contributed by atoms with E-state index in [9.17, 15) is 42.3 Å². The Hall–Kier alpha value is -4.98. The summed E-state index contributed by atoms with van der Waals surface area (Å²) in [5, 5.41) is 14.3. The summed E-state index contributed by atoms with van der Waals surface area (Å²) < 4.78 is 41.2. The van der Waals surface area contributed by atoms with Crippen LogP contribution in [0.4, 0.5) is 13.2 Å². The summed E-state index contributed by atoms with van der Waals surface area (Å²) in [7, 11) is 0. The van der Waals surface area contributed by atoms with Gasteiger partial charge in [-0.3, -0.25) is 28.3 Å². The van der Waals surface area contributed by atoms with Crippen LogP contribution in [0.2, 0.25) is 0 Å².